The van der Waals surface area contributed by atoms with Crippen molar-refractivity contribution in [1.29, 1.82) is 0 Å². The second-order valence-corrected chi connectivity index (χ2v) is 7.73. The van der Waals surface area contributed by atoms with Crippen LogP contribution in [0, 0.1) is 0 Å². The van der Waals surface area contributed by atoms with Gasteiger partial charge in [0.15, 0.2) is 11.5 Å². The molecule has 0 spiro atoms. The number of hydrogen-bond donors (Lipinski definition) is 1. The number of benzene rings is 2. The third kappa shape index (κ3) is 4.58. The molecule has 0 bridgehead atoms. The van der Waals surface area contributed by atoms with Crippen LogP contribution >= 0.6 is 15.9 Å². The lowest BCUT2D eigenvalue weighted by atomic mass is 10.2. The summed E-state index contributed by atoms with van der Waals surface area (Å²) in [6.07, 6.45) is 1.44. The third-order valence-corrected chi connectivity index (χ3v) is 5.74. The lowest BCUT2D eigenvalue weighted by molar-refractivity contribution is -0.146. The molecule has 0 atom stereocenters. The second-order valence-electron chi connectivity index (χ2n) is 6.88. The molecule has 2 amide bonds. The second kappa shape index (κ2) is 9.25. The maximum Gasteiger partial charge on any atom is 0.329 e. The molecule has 2 aliphatic heterocycles. The molecule has 0 saturated carbocycles. The van der Waals surface area contributed by atoms with E-state index in [9.17, 15) is 9.59 Å². The van der Waals surface area contributed by atoms with E-state index in [0.717, 1.165) is 15.9 Å². The minimum Gasteiger partial charge on any atom is -0.495 e. The van der Waals surface area contributed by atoms with Crippen molar-refractivity contribution in [2.75, 3.05) is 45.0 Å². The Labute approximate surface area is 187 Å². The number of para-hydroxylation sites is 2. The van der Waals surface area contributed by atoms with Gasteiger partial charge in [-0.1, -0.05) is 12.1 Å². The predicted molar refractivity (Wildman–Crippen MR) is 118 cm³/mol. The van der Waals surface area contributed by atoms with Gasteiger partial charge in [0.25, 0.3) is 0 Å². The van der Waals surface area contributed by atoms with Crippen LogP contribution in [0.2, 0.25) is 0 Å². The smallest absolute Gasteiger partial charge is 0.329 e. The topological polar surface area (TPSA) is 92.7 Å². The molecule has 31 heavy (non-hydrogen) atoms. The number of ether oxygens (including phenoxy) is 3. The van der Waals surface area contributed by atoms with Crippen LogP contribution in [0.4, 0.5) is 5.69 Å². The minimum absolute atomic E-state index is 0.165. The van der Waals surface area contributed by atoms with E-state index < -0.39 is 11.8 Å². The normalized spacial score (nSPS) is 15.3. The van der Waals surface area contributed by atoms with Gasteiger partial charge in [-0.25, -0.2) is 5.43 Å². The van der Waals surface area contributed by atoms with Gasteiger partial charge in [0, 0.05) is 36.2 Å². The van der Waals surface area contributed by atoms with Crippen LogP contribution in [0.15, 0.2) is 46.0 Å². The lowest BCUT2D eigenvalue weighted by Crippen LogP contribution is -2.52. The zero-order valence-corrected chi connectivity index (χ0v) is 18.4. The number of anilines is 1. The highest BCUT2D eigenvalue weighted by atomic mass is 79.9. The van der Waals surface area contributed by atoms with Gasteiger partial charge in [-0.3, -0.25) is 9.59 Å². The number of methoxy groups -OCH3 is 1. The Morgan fingerprint density at radius 2 is 1.84 bits per heavy atom. The van der Waals surface area contributed by atoms with E-state index >= 15 is 0 Å². The molecule has 2 aromatic carbocycles. The number of nitrogens with zero attached hydrogens (tertiary/aromatic N) is 3. The molecule has 2 heterocycles. The molecule has 10 heteroatoms. The molecule has 2 aliphatic rings. The zero-order chi connectivity index (χ0) is 21.8. The largest absolute Gasteiger partial charge is 0.495 e. The van der Waals surface area contributed by atoms with E-state index in [2.05, 4.69) is 31.4 Å². The van der Waals surface area contributed by atoms with E-state index in [4.69, 9.17) is 14.2 Å². The fourth-order valence-electron chi connectivity index (χ4n) is 3.43. The van der Waals surface area contributed by atoms with Crippen molar-refractivity contribution in [3.63, 3.8) is 0 Å². The first-order valence-corrected chi connectivity index (χ1v) is 10.5. The summed E-state index contributed by atoms with van der Waals surface area (Å²) in [6, 6.07) is 11.2. The van der Waals surface area contributed by atoms with E-state index in [1.165, 1.54) is 11.1 Å². The predicted octanol–water partition coefficient (Wildman–Crippen LogP) is 1.99. The number of carbonyl (C=O) groups is 2. The van der Waals surface area contributed by atoms with Crippen molar-refractivity contribution < 1.29 is 23.8 Å². The molecular weight excluding hydrogens is 468 g/mol. The quantitative estimate of drug-likeness (QED) is 0.401. The molecule has 0 aromatic heterocycles. The molecule has 0 unspecified atom stereocenters. The first-order chi connectivity index (χ1) is 15.1. The summed E-state index contributed by atoms with van der Waals surface area (Å²) in [5, 5.41) is 3.90. The Morgan fingerprint density at radius 1 is 1.13 bits per heavy atom. The van der Waals surface area contributed by atoms with Gasteiger partial charge in [0.05, 0.1) is 19.0 Å². The summed E-state index contributed by atoms with van der Waals surface area (Å²) in [6.45, 7) is 2.24. The highest BCUT2D eigenvalue weighted by Gasteiger charge is 2.27. The average Bonchev–Trinajstić information content (AvgIpc) is 3.25. The Bertz CT molecular complexity index is 1020. The van der Waals surface area contributed by atoms with Crippen LogP contribution in [0.3, 0.4) is 0 Å². The SMILES string of the molecule is COc1ccccc1N1CCN(C(=O)C(=O)NN=Cc2cc3c(cc2Br)OCO3)CC1. The van der Waals surface area contributed by atoms with Crippen LogP contribution in [0.1, 0.15) is 5.56 Å². The molecule has 2 aromatic rings. The molecule has 1 N–H and O–H groups in total. The van der Waals surface area contributed by atoms with Gasteiger partial charge in [0.1, 0.15) is 5.75 Å². The van der Waals surface area contributed by atoms with Gasteiger partial charge in [0.2, 0.25) is 6.79 Å². The van der Waals surface area contributed by atoms with Gasteiger partial charge in [-0.05, 0) is 40.2 Å². The fourth-order valence-corrected chi connectivity index (χ4v) is 3.85. The molecule has 1 fully saturated rings. The van der Waals surface area contributed by atoms with Crippen LogP contribution in [-0.4, -0.2) is 63.0 Å². The first kappa shape index (κ1) is 21.0. The number of halogens is 1. The standard InChI is InChI=1S/C21H21BrN4O5/c1-29-17-5-3-2-4-16(17)25-6-8-26(9-7-25)21(28)20(27)24-23-12-14-10-18-19(11-15(14)22)31-13-30-18/h2-5,10-12H,6-9,13H2,1H3,(H,24,27). The molecule has 0 aliphatic carbocycles. The van der Waals surface area contributed by atoms with Gasteiger partial charge in [-0.2, -0.15) is 5.10 Å². The third-order valence-electron chi connectivity index (χ3n) is 5.05. The fraction of sp³-hybridized carbons (Fsp3) is 0.286. The Kier molecular flexibility index (Phi) is 6.26. The highest BCUT2D eigenvalue weighted by molar-refractivity contribution is 9.10. The minimum atomic E-state index is -0.779. The van der Waals surface area contributed by atoms with Crippen molar-refractivity contribution in [1.82, 2.24) is 10.3 Å². The first-order valence-electron chi connectivity index (χ1n) is 9.66. The number of hydrogen-bond acceptors (Lipinski definition) is 7. The van der Waals surface area contributed by atoms with Crippen molar-refractivity contribution in [2.24, 2.45) is 5.10 Å². The van der Waals surface area contributed by atoms with E-state index in [0.29, 0.717) is 43.2 Å². The number of nitrogens with one attached hydrogen (secondary N) is 1. The maximum absolute atomic E-state index is 12.5. The van der Waals surface area contributed by atoms with Crippen LogP contribution in [0.5, 0.6) is 17.2 Å². The van der Waals surface area contributed by atoms with Crippen LogP contribution < -0.4 is 24.5 Å². The summed E-state index contributed by atoms with van der Waals surface area (Å²) in [4.78, 5) is 28.4. The lowest BCUT2D eigenvalue weighted by Gasteiger charge is -2.36. The molecule has 1 saturated heterocycles. The molecule has 0 radical (unpaired) electrons. The van der Waals surface area contributed by atoms with E-state index in [1.54, 1.807) is 19.2 Å². The number of carbonyl (C=O) groups excluding carboxylic acids is 2. The van der Waals surface area contributed by atoms with Gasteiger partial charge in [-0.15, -0.1) is 0 Å². The molecule has 4 rings (SSSR count). The molecule has 162 valence electrons. The van der Waals surface area contributed by atoms with Gasteiger partial charge < -0.3 is 24.0 Å². The highest BCUT2D eigenvalue weighted by Crippen LogP contribution is 2.36. The maximum atomic E-state index is 12.5. The van der Waals surface area contributed by atoms with Crippen LogP contribution in [-0.2, 0) is 9.59 Å². The number of hydrazone groups is 1. The number of piperazine rings is 1. The zero-order valence-electron chi connectivity index (χ0n) is 16.8. The van der Waals surface area contributed by atoms with Crippen molar-refractivity contribution in [3.05, 3.63) is 46.4 Å². The Balaban J connectivity index is 1.31. The number of amides is 2. The Hall–Kier alpha value is -3.27. The Morgan fingerprint density at radius 3 is 2.58 bits per heavy atom. The van der Waals surface area contributed by atoms with Crippen molar-refractivity contribution >= 4 is 39.6 Å². The summed E-state index contributed by atoms with van der Waals surface area (Å²) >= 11 is 3.42. The van der Waals surface area contributed by atoms with Crippen LogP contribution in [0.25, 0.3) is 0 Å². The number of fused-ring (bicyclic) bond motifs is 1. The summed E-state index contributed by atoms with van der Waals surface area (Å²) < 4.78 is 16.8. The van der Waals surface area contributed by atoms with Gasteiger partial charge >= 0.3 is 11.8 Å². The average molecular weight is 489 g/mol. The summed E-state index contributed by atoms with van der Waals surface area (Å²) in [5.74, 6) is 0.625. The van der Waals surface area contributed by atoms with E-state index in [1.807, 2.05) is 24.3 Å². The molecular formula is C21H21BrN4O5. The summed E-state index contributed by atoms with van der Waals surface area (Å²) in [7, 11) is 1.63. The monoisotopic (exact) mass is 488 g/mol. The van der Waals surface area contributed by atoms with E-state index in [-0.39, 0.29) is 6.79 Å². The molecule has 9 nitrogen and oxygen atoms in total. The van der Waals surface area contributed by atoms with Crippen molar-refractivity contribution in [2.45, 2.75) is 0 Å². The number of rotatable bonds is 4. The summed E-state index contributed by atoms with van der Waals surface area (Å²) in [5.41, 5.74) is 3.95. The van der Waals surface area contributed by atoms with Crippen molar-refractivity contribution in [3.8, 4) is 17.2 Å².